The van der Waals surface area contributed by atoms with Crippen LogP contribution in [0.15, 0.2) is 24.3 Å². The van der Waals surface area contributed by atoms with E-state index in [1.165, 1.54) is 0 Å². The second-order valence-electron chi connectivity index (χ2n) is 7.59. The SMILES string of the molecule is C=C(C)C(=O)OC1CCC(C2CCC(OC(O)C(=C)C)CC2)CC1. The molecule has 24 heavy (non-hydrogen) atoms. The predicted octanol–water partition coefficient (Wildman–Crippen LogP) is 4.13. The average molecular weight is 336 g/mol. The molecule has 0 saturated heterocycles. The number of ether oxygens (including phenoxy) is 2. The molecule has 0 radical (unpaired) electrons. The van der Waals surface area contributed by atoms with Crippen LogP contribution in [-0.4, -0.2) is 29.6 Å². The monoisotopic (exact) mass is 336 g/mol. The van der Waals surface area contributed by atoms with Crippen molar-refractivity contribution in [3.05, 3.63) is 24.3 Å². The molecule has 0 bridgehead atoms. The second-order valence-corrected chi connectivity index (χ2v) is 7.59. The first-order valence-corrected chi connectivity index (χ1v) is 9.22. The Bertz CT molecular complexity index is 454. The molecule has 1 N–H and O–H groups in total. The molecule has 0 heterocycles. The maximum Gasteiger partial charge on any atom is 0.333 e. The maximum absolute atomic E-state index is 11.6. The Balaban J connectivity index is 1.70. The zero-order valence-electron chi connectivity index (χ0n) is 15.1. The van der Waals surface area contributed by atoms with Gasteiger partial charge < -0.3 is 14.6 Å². The molecular formula is C20H32O4. The van der Waals surface area contributed by atoms with Gasteiger partial charge in [0.1, 0.15) is 6.10 Å². The van der Waals surface area contributed by atoms with Crippen molar-refractivity contribution in [3.63, 3.8) is 0 Å². The van der Waals surface area contributed by atoms with Crippen molar-refractivity contribution in [2.45, 2.75) is 83.7 Å². The van der Waals surface area contributed by atoms with E-state index in [0.717, 1.165) is 63.2 Å². The summed E-state index contributed by atoms with van der Waals surface area (Å²) in [6.45, 7) is 10.8. The summed E-state index contributed by atoms with van der Waals surface area (Å²) in [5, 5.41) is 9.76. The lowest BCUT2D eigenvalue weighted by molar-refractivity contribution is -0.146. The first kappa shape index (κ1) is 19.2. The summed E-state index contributed by atoms with van der Waals surface area (Å²) in [7, 11) is 0. The smallest absolute Gasteiger partial charge is 0.333 e. The summed E-state index contributed by atoms with van der Waals surface area (Å²) in [5.41, 5.74) is 1.15. The summed E-state index contributed by atoms with van der Waals surface area (Å²) >= 11 is 0. The molecule has 4 heteroatoms. The fraction of sp³-hybridized carbons (Fsp3) is 0.750. The molecule has 2 saturated carbocycles. The molecule has 2 aliphatic rings. The first-order valence-electron chi connectivity index (χ1n) is 9.22. The van der Waals surface area contributed by atoms with Crippen molar-refractivity contribution >= 4 is 5.97 Å². The second kappa shape index (κ2) is 8.82. The highest BCUT2D eigenvalue weighted by atomic mass is 16.6. The fourth-order valence-corrected chi connectivity index (χ4v) is 3.92. The van der Waals surface area contributed by atoms with E-state index in [1.807, 2.05) is 0 Å². The molecule has 1 unspecified atom stereocenters. The predicted molar refractivity (Wildman–Crippen MR) is 94.3 cm³/mol. The van der Waals surface area contributed by atoms with Gasteiger partial charge in [0.15, 0.2) is 6.29 Å². The first-order chi connectivity index (χ1) is 11.4. The van der Waals surface area contributed by atoms with Crippen molar-refractivity contribution in [1.29, 1.82) is 0 Å². The zero-order valence-corrected chi connectivity index (χ0v) is 15.1. The molecule has 0 aromatic heterocycles. The summed E-state index contributed by atoms with van der Waals surface area (Å²) in [4.78, 5) is 11.6. The standard InChI is InChI=1S/C20H32O4/c1-13(2)19(21)23-17-9-5-15(6-10-17)16-7-11-18(12-8-16)24-20(22)14(3)4/h15-19,21H,1,3,5-12H2,2,4H3. The summed E-state index contributed by atoms with van der Waals surface area (Å²) in [6.07, 6.45) is 7.95. The normalized spacial score (nSPS) is 32.0. The van der Waals surface area contributed by atoms with Crippen LogP contribution < -0.4 is 0 Å². The zero-order chi connectivity index (χ0) is 17.7. The Morgan fingerprint density at radius 1 is 0.917 bits per heavy atom. The Morgan fingerprint density at radius 3 is 1.79 bits per heavy atom. The van der Waals surface area contributed by atoms with Crippen molar-refractivity contribution in [2.24, 2.45) is 11.8 Å². The van der Waals surface area contributed by atoms with E-state index in [-0.39, 0.29) is 18.2 Å². The highest BCUT2D eigenvalue weighted by Gasteiger charge is 2.32. The molecular weight excluding hydrogens is 304 g/mol. The Hall–Kier alpha value is -1.13. The van der Waals surface area contributed by atoms with Crippen molar-refractivity contribution < 1.29 is 19.4 Å². The average Bonchev–Trinajstić information content (AvgIpc) is 2.56. The van der Waals surface area contributed by atoms with E-state index in [0.29, 0.717) is 11.1 Å². The number of hydrogen-bond acceptors (Lipinski definition) is 4. The molecule has 2 fully saturated rings. The number of aliphatic hydroxyl groups is 1. The van der Waals surface area contributed by atoms with Gasteiger partial charge in [0, 0.05) is 5.57 Å². The van der Waals surface area contributed by atoms with Crippen LogP contribution in [0, 0.1) is 11.8 Å². The van der Waals surface area contributed by atoms with E-state index < -0.39 is 6.29 Å². The van der Waals surface area contributed by atoms with E-state index in [9.17, 15) is 9.90 Å². The molecule has 4 nitrogen and oxygen atoms in total. The van der Waals surface area contributed by atoms with Crippen molar-refractivity contribution in [3.8, 4) is 0 Å². The van der Waals surface area contributed by atoms with Gasteiger partial charge in [-0.2, -0.15) is 0 Å². The van der Waals surface area contributed by atoms with Crippen molar-refractivity contribution in [1.82, 2.24) is 0 Å². The van der Waals surface area contributed by atoms with Gasteiger partial charge in [-0.1, -0.05) is 13.2 Å². The number of esters is 1. The van der Waals surface area contributed by atoms with Gasteiger partial charge in [-0.05, 0) is 82.6 Å². The van der Waals surface area contributed by atoms with Gasteiger partial charge >= 0.3 is 5.97 Å². The minimum atomic E-state index is -0.829. The largest absolute Gasteiger partial charge is 0.459 e. The third kappa shape index (κ3) is 5.45. The van der Waals surface area contributed by atoms with Gasteiger partial charge in [0.05, 0.1) is 6.10 Å². The molecule has 0 amide bonds. The van der Waals surface area contributed by atoms with Crippen LogP contribution in [0.2, 0.25) is 0 Å². The van der Waals surface area contributed by atoms with Crippen LogP contribution in [0.1, 0.15) is 65.2 Å². The fourth-order valence-electron chi connectivity index (χ4n) is 3.92. The molecule has 136 valence electrons. The van der Waals surface area contributed by atoms with Crippen LogP contribution in [0.4, 0.5) is 0 Å². The number of aliphatic hydroxyl groups excluding tert-OH is 1. The van der Waals surface area contributed by atoms with Crippen LogP contribution >= 0.6 is 0 Å². The summed E-state index contributed by atoms with van der Waals surface area (Å²) in [5.74, 6) is 1.22. The molecule has 2 rings (SSSR count). The number of carbonyl (C=O) groups is 1. The van der Waals surface area contributed by atoms with Gasteiger partial charge in [-0.15, -0.1) is 0 Å². The Labute approximate surface area is 145 Å². The third-order valence-electron chi connectivity index (χ3n) is 5.47. The van der Waals surface area contributed by atoms with E-state index in [4.69, 9.17) is 9.47 Å². The quantitative estimate of drug-likeness (QED) is 0.343. The summed E-state index contributed by atoms with van der Waals surface area (Å²) < 4.78 is 11.1. The maximum atomic E-state index is 11.6. The molecule has 2 aliphatic carbocycles. The molecule has 0 spiro atoms. The van der Waals surface area contributed by atoms with Crippen LogP contribution in [0.25, 0.3) is 0 Å². The molecule has 0 aliphatic heterocycles. The van der Waals surface area contributed by atoms with Crippen LogP contribution in [-0.2, 0) is 14.3 Å². The van der Waals surface area contributed by atoms with Crippen LogP contribution in [0.3, 0.4) is 0 Å². The van der Waals surface area contributed by atoms with Crippen molar-refractivity contribution in [2.75, 3.05) is 0 Å². The molecule has 0 aromatic carbocycles. The van der Waals surface area contributed by atoms with Crippen LogP contribution in [0.5, 0.6) is 0 Å². The lowest BCUT2D eigenvalue weighted by Gasteiger charge is -2.38. The van der Waals surface area contributed by atoms with Gasteiger partial charge in [0.25, 0.3) is 0 Å². The topological polar surface area (TPSA) is 55.8 Å². The Kier molecular flexibility index (Phi) is 7.05. The lowest BCUT2D eigenvalue weighted by atomic mass is 9.72. The number of hydrogen-bond donors (Lipinski definition) is 1. The number of rotatable bonds is 6. The molecule has 0 aromatic rings. The molecule has 1 atom stereocenters. The van der Waals surface area contributed by atoms with E-state index in [2.05, 4.69) is 13.2 Å². The van der Waals surface area contributed by atoms with Gasteiger partial charge in [-0.25, -0.2) is 4.79 Å². The minimum absolute atomic E-state index is 0.0656. The summed E-state index contributed by atoms with van der Waals surface area (Å²) in [6, 6.07) is 0. The number of carbonyl (C=O) groups excluding carboxylic acids is 1. The third-order valence-corrected chi connectivity index (χ3v) is 5.47. The van der Waals surface area contributed by atoms with E-state index >= 15 is 0 Å². The van der Waals surface area contributed by atoms with Gasteiger partial charge in [0.2, 0.25) is 0 Å². The van der Waals surface area contributed by atoms with E-state index in [1.54, 1.807) is 13.8 Å². The highest BCUT2D eigenvalue weighted by molar-refractivity contribution is 5.87. The Morgan fingerprint density at radius 2 is 1.38 bits per heavy atom. The minimum Gasteiger partial charge on any atom is -0.459 e. The highest BCUT2D eigenvalue weighted by Crippen LogP contribution is 2.39. The van der Waals surface area contributed by atoms with Gasteiger partial charge in [-0.3, -0.25) is 0 Å². The lowest BCUT2D eigenvalue weighted by Crippen LogP contribution is -2.32.